The second-order valence-corrected chi connectivity index (χ2v) is 11.0. The van der Waals surface area contributed by atoms with Gasteiger partial charge in [0.2, 0.25) is 5.91 Å². The van der Waals surface area contributed by atoms with Crippen molar-refractivity contribution in [3.05, 3.63) is 15.8 Å². The first-order valence-corrected chi connectivity index (χ1v) is 13.4. The molecule has 7 heteroatoms. The molecule has 0 aliphatic heterocycles. The summed E-state index contributed by atoms with van der Waals surface area (Å²) in [4.78, 5) is 29.9. The molecular weight excluding hydrogens is 450 g/mol. The summed E-state index contributed by atoms with van der Waals surface area (Å²) in [5.74, 6) is 6.89. The van der Waals surface area contributed by atoms with Gasteiger partial charge in [0.15, 0.2) is 0 Å². The number of carbonyl (C=O) groups is 2. The number of ether oxygens (including phenoxy) is 2. The molecular formula is C27H39NO5S. The molecule has 0 spiro atoms. The predicted molar refractivity (Wildman–Crippen MR) is 135 cm³/mol. The quantitative estimate of drug-likeness (QED) is 0.430. The number of hydrogen-bond donors (Lipinski definition) is 1. The molecule has 2 fully saturated rings. The highest BCUT2D eigenvalue weighted by atomic mass is 32.1. The maximum absolute atomic E-state index is 14.0. The summed E-state index contributed by atoms with van der Waals surface area (Å²) in [5, 5.41) is 9.08. The van der Waals surface area contributed by atoms with Crippen molar-refractivity contribution in [1.82, 2.24) is 0 Å². The van der Waals surface area contributed by atoms with Gasteiger partial charge in [0.25, 0.3) is 0 Å². The van der Waals surface area contributed by atoms with E-state index < -0.39 is 5.97 Å². The Morgan fingerprint density at radius 3 is 2.41 bits per heavy atom. The number of rotatable bonds is 7. The largest absolute Gasteiger partial charge is 0.465 e. The van der Waals surface area contributed by atoms with Crippen molar-refractivity contribution in [3.63, 3.8) is 0 Å². The van der Waals surface area contributed by atoms with Gasteiger partial charge in [0, 0.05) is 17.9 Å². The number of hydrogen-bond acceptors (Lipinski definition) is 6. The summed E-state index contributed by atoms with van der Waals surface area (Å²) in [6.45, 7) is 6.66. The summed E-state index contributed by atoms with van der Waals surface area (Å²) in [5.41, 5.74) is 0.647. The number of nitrogens with zero attached hydrogens (tertiary/aromatic N) is 1. The van der Waals surface area contributed by atoms with Crippen molar-refractivity contribution in [2.24, 2.45) is 17.8 Å². The van der Waals surface area contributed by atoms with Crippen LogP contribution in [0.3, 0.4) is 0 Å². The van der Waals surface area contributed by atoms with E-state index in [1.54, 1.807) is 0 Å². The number of thiophene rings is 1. The Kier molecular flexibility index (Phi) is 9.99. The smallest absolute Gasteiger partial charge is 0.350 e. The van der Waals surface area contributed by atoms with Gasteiger partial charge >= 0.3 is 5.97 Å². The number of methoxy groups -OCH3 is 1. The first kappa shape index (κ1) is 26.7. The van der Waals surface area contributed by atoms with Crippen LogP contribution in [-0.4, -0.2) is 49.5 Å². The summed E-state index contributed by atoms with van der Waals surface area (Å²) < 4.78 is 10.8. The molecule has 1 heterocycles. The molecule has 0 atom stereocenters. The van der Waals surface area contributed by atoms with Crippen molar-refractivity contribution in [2.45, 2.75) is 84.3 Å². The predicted octanol–water partition coefficient (Wildman–Crippen LogP) is 5.02. The number of aliphatic hydroxyl groups excluding tert-OH is 1. The zero-order chi connectivity index (χ0) is 24.7. The molecule has 0 saturated heterocycles. The van der Waals surface area contributed by atoms with Gasteiger partial charge in [-0.2, -0.15) is 0 Å². The maximum atomic E-state index is 14.0. The van der Waals surface area contributed by atoms with Crippen molar-refractivity contribution in [1.29, 1.82) is 0 Å². The fraction of sp³-hybridized carbons (Fsp3) is 0.704. The lowest BCUT2D eigenvalue weighted by Crippen LogP contribution is -2.47. The van der Waals surface area contributed by atoms with Gasteiger partial charge in [-0.3, -0.25) is 4.79 Å². The Labute approximate surface area is 208 Å². The highest BCUT2D eigenvalue weighted by Crippen LogP contribution is 2.39. The van der Waals surface area contributed by atoms with E-state index in [0.717, 1.165) is 56.2 Å². The molecule has 0 radical (unpaired) electrons. The van der Waals surface area contributed by atoms with Gasteiger partial charge in [-0.15, -0.1) is 11.3 Å². The van der Waals surface area contributed by atoms with E-state index in [1.807, 2.05) is 24.8 Å². The number of amides is 1. The zero-order valence-electron chi connectivity index (χ0n) is 21.0. The van der Waals surface area contributed by atoms with Crippen LogP contribution in [0.25, 0.3) is 0 Å². The second-order valence-electron chi connectivity index (χ2n) is 9.93. The fourth-order valence-corrected chi connectivity index (χ4v) is 5.89. The van der Waals surface area contributed by atoms with E-state index >= 15 is 0 Å². The maximum Gasteiger partial charge on any atom is 0.350 e. The Morgan fingerprint density at radius 1 is 1.15 bits per heavy atom. The van der Waals surface area contributed by atoms with E-state index in [0.29, 0.717) is 23.1 Å². The molecule has 2 aliphatic rings. The minimum Gasteiger partial charge on any atom is -0.465 e. The summed E-state index contributed by atoms with van der Waals surface area (Å²) >= 11 is 1.31. The normalized spacial score (nSPS) is 24.9. The van der Waals surface area contributed by atoms with Gasteiger partial charge in [-0.1, -0.05) is 32.6 Å². The van der Waals surface area contributed by atoms with Crippen LogP contribution in [0, 0.1) is 29.6 Å². The third kappa shape index (κ3) is 6.84. The number of aliphatic hydroxyl groups is 1. The third-order valence-corrected chi connectivity index (χ3v) is 7.90. The highest BCUT2D eigenvalue weighted by Gasteiger charge is 2.37. The van der Waals surface area contributed by atoms with Crippen LogP contribution in [0.1, 0.15) is 86.7 Å². The number of carbonyl (C=O) groups excluding carboxylic acids is 2. The minimum absolute atomic E-state index is 0.00439. The van der Waals surface area contributed by atoms with E-state index in [1.165, 1.54) is 18.4 Å². The lowest BCUT2D eigenvalue weighted by Gasteiger charge is -2.39. The molecule has 188 valence electrons. The molecule has 0 aromatic carbocycles. The van der Waals surface area contributed by atoms with Crippen molar-refractivity contribution < 1.29 is 24.2 Å². The lowest BCUT2D eigenvalue weighted by molar-refractivity contribution is -0.124. The van der Waals surface area contributed by atoms with Crippen LogP contribution < -0.4 is 4.90 Å². The van der Waals surface area contributed by atoms with Crippen LogP contribution in [0.5, 0.6) is 0 Å². The molecule has 6 nitrogen and oxygen atoms in total. The Bertz CT molecular complexity index is 883. The lowest BCUT2D eigenvalue weighted by atomic mass is 9.81. The summed E-state index contributed by atoms with van der Waals surface area (Å²) in [6.07, 6.45) is 7.26. The molecule has 1 aromatic rings. The van der Waals surface area contributed by atoms with Crippen molar-refractivity contribution in [2.75, 3.05) is 25.2 Å². The summed E-state index contributed by atoms with van der Waals surface area (Å²) in [7, 11) is 1.38. The van der Waals surface area contributed by atoms with Crippen LogP contribution in [0.15, 0.2) is 6.07 Å². The van der Waals surface area contributed by atoms with Crippen LogP contribution in [-0.2, 0) is 14.3 Å². The molecule has 1 N–H and O–H groups in total. The molecule has 3 rings (SSSR count). The second kappa shape index (κ2) is 12.7. The average molecular weight is 490 g/mol. The van der Waals surface area contributed by atoms with Gasteiger partial charge in [0.05, 0.1) is 37.0 Å². The third-order valence-electron chi connectivity index (χ3n) is 6.88. The minimum atomic E-state index is -0.423. The zero-order valence-corrected chi connectivity index (χ0v) is 21.8. The molecule has 1 amide bonds. The molecule has 2 saturated carbocycles. The van der Waals surface area contributed by atoms with E-state index in [4.69, 9.17) is 14.6 Å². The number of esters is 1. The molecule has 34 heavy (non-hydrogen) atoms. The van der Waals surface area contributed by atoms with Gasteiger partial charge in [0.1, 0.15) is 4.88 Å². The Morgan fingerprint density at radius 2 is 1.82 bits per heavy atom. The topological polar surface area (TPSA) is 76.1 Å². The first-order chi connectivity index (χ1) is 16.3. The fourth-order valence-electron chi connectivity index (χ4n) is 4.96. The van der Waals surface area contributed by atoms with Gasteiger partial charge in [-0.05, 0) is 63.4 Å². The Hall–Kier alpha value is -1.88. The monoisotopic (exact) mass is 489 g/mol. The molecule has 2 aliphatic carbocycles. The van der Waals surface area contributed by atoms with Gasteiger partial charge < -0.3 is 19.5 Å². The van der Waals surface area contributed by atoms with E-state index in [-0.39, 0.29) is 36.5 Å². The standard InChI is InChI=1S/C27H39NO5S/c1-18(2)5-14-23-17-24(25(34-23)27(31)32-4)28(26(30)20-8-6-19(3)7-9-20)21-10-12-22(13-11-21)33-16-15-29/h17-22,29H,6-13,15-16H2,1-4H3/t19-,20+,21-,22-. The van der Waals surface area contributed by atoms with E-state index in [2.05, 4.69) is 18.8 Å². The van der Waals surface area contributed by atoms with Crippen LogP contribution in [0.2, 0.25) is 0 Å². The highest BCUT2D eigenvalue weighted by molar-refractivity contribution is 7.15. The van der Waals surface area contributed by atoms with Crippen molar-refractivity contribution >= 4 is 28.9 Å². The molecule has 0 bridgehead atoms. The Balaban J connectivity index is 1.94. The first-order valence-electron chi connectivity index (χ1n) is 12.6. The SMILES string of the molecule is COC(=O)c1sc(C#CC(C)C)cc1N(C(=O)[C@H]1CC[C@@H](C)CC1)[C@H]1CC[C@H](OCCO)CC1. The van der Waals surface area contributed by atoms with Gasteiger partial charge in [-0.25, -0.2) is 4.79 Å². The average Bonchev–Trinajstić information content (AvgIpc) is 3.26. The van der Waals surface area contributed by atoms with E-state index in [9.17, 15) is 9.59 Å². The number of anilines is 1. The molecule has 1 aromatic heterocycles. The molecule has 0 unspecified atom stereocenters. The van der Waals surface area contributed by atoms with Crippen LogP contribution in [0.4, 0.5) is 5.69 Å². The van der Waals surface area contributed by atoms with Crippen molar-refractivity contribution in [3.8, 4) is 11.8 Å². The van der Waals surface area contributed by atoms with Crippen LogP contribution >= 0.6 is 11.3 Å². The summed E-state index contributed by atoms with van der Waals surface area (Å²) in [6, 6.07) is 1.91.